The molecule has 0 spiro atoms. The molecule has 11 heteroatoms. The van der Waals surface area contributed by atoms with Gasteiger partial charge in [0.05, 0.1) is 29.9 Å². The average molecular weight is 484 g/mol. The number of rotatable bonds is 3. The molecule has 2 aromatic rings. The fourth-order valence-corrected chi connectivity index (χ4v) is 5.21. The van der Waals surface area contributed by atoms with E-state index < -0.39 is 18.1 Å². The molecule has 0 bridgehead atoms. The molecule has 7 nitrogen and oxygen atoms in total. The molecule has 0 N–H and O–H groups in total. The maximum atomic E-state index is 13.1. The maximum Gasteiger partial charge on any atom is 0.573 e. The molecule has 2 aliphatic rings. The Morgan fingerprint density at radius 2 is 1.91 bits per heavy atom. The highest BCUT2D eigenvalue weighted by Gasteiger charge is 2.45. The van der Waals surface area contributed by atoms with Gasteiger partial charge in [-0.25, -0.2) is 9.78 Å². The van der Waals surface area contributed by atoms with Crippen LogP contribution in [0.15, 0.2) is 24.3 Å². The van der Waals surface area contributed by atoms with Crippen molar-refractivity contribution in [2.75, 3.05) is 6.54 Å². The van der Waals surface area contributed by atoms with Crippen molar-refractivity contribution in [2.45, 2.75) is 64.7 Å². The van der Waals surface area contributed by atoms with Crippen molar-refractivity contribution < 1.29 is 32.2 Å². The van der Waals surface area contributed by atoms with Crippen molar-refractivity contribution in [3.05, 3.63) is 34.8 Å². The SMILES string of the molecule is C[C@@H]1[C@H](N2Cc3nc(-c4ccccc4OC(F)(F)F)sc3C2=O)CCN1C(=O)OC(C)(C)C. The lowest BCUT2D eigenvalue weighted by molar-refractivity contribution is -0.274. The van der Waals surface area contributed by atoms with Crippen molar-refractivity contribution in [1.82, 2.24) is 14.8 Å². The summed E-state index contributed by atoms with van der Waals surface area (Å²) in [6.07, 6.45) is -4.64. The van der Waals surface area contributed by atoms with Crippen LogP contribution >= 0.6 is 11.3 Å². The van der Waals surface area contributed by atoms with E-state index in [4.69, 9.17) is 4.74 Å². The second-order valence-corrected chi connectivity index (χ2v) is 10.0. The van der Waals surface area contributed by atoms with E-state index in [-0.39, 0.29) is 35.8 Å². The van der Waals surface area contributed by atoms with Gasteiger partial charge in [0.25, 0.3) is 5.91 Å². The minimum absolute atomic E-state index is 0.180. The molecule has 0 aliphatic carbocycles. The molecule has 1 aromatic carbocycles. The minimum atomic E-state index is -4.83. The van der Waals surface area contributed by atoms with Gasteiger partial charge in [-0.05, 0) is 46.2 Å². The highest BCUT2D eigenvalue weighted by Crippen LogP contribution is 2.40. The first-order chi connectivity index (χ1) is 15.3. The smallest absolute Gasteiger partial charge is 0.444 e. The predicted molar refractivity (Wildman–Crippen MR) is 115 cm³/mol. The largest absolute Gasteiger partial charge is 0.573 e. The van der Waals surface area contributed by atoms with Crippen molar-refractivity contribution >= 4 is 23.3 Å². The van der Waals surface area contributed by atoms with Gasteiger partial charge in [-0.15, -0.1) is 24.5 Å². The summed E-state index contributed by atoms with van der Waals surface area (Å²) < 4.78 is 47.9. The van der Waals surface area contributed by atoms with Crippen LogP contribution in [0.2, 0.25) is 0 Å². The molecule has 2 aliphatic heterocycles. The van der Waals surface area contributed by atoms with Gasteiger partial charge in [0.2, 0.25) is 0 Å². The summed E-state index contributed by atoms with van der Waals surface area (Å²) in [7, 11) is 0. The summed E-state index contributed by atoms with van der Waals surface area (Å²) in [5, 5.41) is 0.294. The van der Waals surface area contributed by atoms with Crippen molar-refractivity contribution in [3.8, 4) is 16.3 Å². The van der Waals surface area contributed by atoms with Crippen molar-refractivity contribution in [2.24, 2.45) is 0 Å². The molecular weight excluding hydrogens is 459 g/mol. The van der Waals surface area contributed by atoms with Gasteiger partial charge in [0, 0.05) is 6.54 Å². The Balaban J connectivity index is 1.51. The number of thiazole rings is 1. The number of ether oxygens (including phenoxy) is 2. The molecule has 1 saturated heterocycles. The molecular formula is C22H24F3N3O4S. The number of amides is 2. The number of nitrogens with zero attached hydrogens (tertiary/aromatic N) is 3. The third kappa shape index (κ3) is 4.78. The summed E-state index contributed by atoms with van der Waals surface area (Å²) >= 11 is 1.05. The Hall–Kier alpha value is -2.82. The number of benzene rings is 1. The van der Waals surface area contributed by atoms with E-state index in [1.54, 1.807) is 36.6 Å². The van der Waals surface area contributed by atoms with Gasteiger partial charge in [0.15, 0.2) is 0 Å². The van der Waals surface area contributed by atoms with E-state index >= 15 is 0 Å². The normalized spacial score (nSPS) is 20.9. The summed E-state index contributed by atoms with van der Waals surface area (Å²) in [5.74, 6) is -0.593. The first-order valence-electron chi connectivity index (χ1n) is 10.5. The lowest BCUT2D eigenvalue weighted by Crippen LogP contribution is -2.46. The Bertz CT molecular complexity index is 1080. The summed E-state index contributed by atoms with van der Waals surface area (Å²) in [5.41, 5.74) is 0.0817. The van der Waals surface area contributed by atoms with Crippen LogP contribution in [0.3, 0.4) is 0 Å². The second-order valence-electron chi connectivity index (χ2n) is 9.04. The monoisotopic (exact) mass is 483 g/mol. The molecule has 2 atom stereocenters. The van der Waals surface area contributed by atoms with Crippen LogP contribution < -0.4 is 4.74 Å². The van der Waals surface area contributed by atoms with E-state index in [0.29, 0.717) is 28.5 Å². The molecule has 0 radical (unpaired) electrons. The third-order valence-electron chi connectivity index (χ3n) is 5.56. The zero-order chi connectivity index (χ0) is 24.1. The first-order valence-corrected chi connectivity index (χ1v) is 11.3. The van der Waals surface area contributed by atoms with E-state index in [9.17, 15) is 22.8 Å². The van der Waals surface area contributed by atoms with Gasteiger partial charge in [0.1, 0.15) is 21.2 Å². The number of carbonyl (C=O) groups is 2. The number of alkyl halides is 3. The van der Waals surface area contributed by atoms with E-state index in [2.05, 4.69) is 9.72 Å². The topological polar surface area (TPSA) is 72.0 Å². The quantitative estimate of drug-likeness (QED) is 0.610. The van der Waals surface area contributed by atoms with Crippen LogP contribution in [0.5, 0.6) is 5.75 Å². The summed E-state index contributed by atoms with van der Waals surface area (Å²) in [4.78, 5) is 33.8. The predicted octanol–water partition coefficient (Wildman–Crippen LogP) is 5.06. The fraction of sp³-hybridized carbons (Fsp3) is 0.500. The molecule has 2 amide bonds. The van der Waals surface area contributed by atoms with Gasteiger partial charge >= 0.3 is 12.5 Å². The number of para-hydroxylation sites is 1. The summed E-state index contributed by atoms with van der Waals surface area (Å²) in [6, 6.07) is 5.29. The zero-order valence-corrected chi connectivity index (χ0v) is 19.4. The highest BCUT2D eigenvalue weighted by atomic mass is 32.1. The van der Waals surface area contributed by atoms with E-state index in [1.165, 1.54) is 18.2 Å². The van der Waals surface area contributed by atoms with Gasteiger partial charge in [-0.1, -0.05) is 12.1 Å². The van der Waals surface area contributed by atoms with Crippen LogP contribution in [0.25, 0.3) is 10.6 Å². The Morgan fingerprint density at radius 1 is 1.21 bits per heavy atom. The third-order valence-corrected chi connectivity index (χ3v) is 6.68. The second kappa shape index (κ2) is 8.19. The Kier molecular flexibility index (Phi) is 5.80. The molecule has 1 aromatic heterocycles. The van der Waals surface area contributed by atoms with Gasteiger partial charge < -0.3 is 19.3 Å². The number of hydrogen-bond donors (Lipinski definition) is 0. The van der Waals surface area contributed by atoms with Crippen LogP contribution in [-0.4, -0.2) is 57.4 Å². The average Bonchev–Trinajstić information content (AvgIpc) is 3.34. The van der Waals surface area contributed by atoms with Gasteiger partial charge in [-0.3, -0.25) is 4.79 Å². The van der Waals surface area contributed by atoms with Gasteiger partial charge in [-0.2, -0.15) is 0 Å². The van der Waals surface area contributed by atoms with Crippen LogP contribution in [0, 0.1) is 0 Å². The van der Waals surface area contributed by atoms with Crippen molar-refractivity contribution in [1.29, 1.82) is 0 Å². The van der Waals surface area contributed by atoms with Crippen LogP contribution in [-0.2, 0) is 11.3 Å². The number of fused-ring (bicyclic) bond motifs is 1. The van der Waals surface area contributed by atoms with E-state index in [1.807, 2.05) is 6.92 Å². The van der Waals surface area contributed by atoms with Crippen molar-refractivity contribution in [3.63, 3.8) is 0 Å². The molecule has 178 valence electrons. The first kappa shape index (κ1) is 23.3. The lowest BCUT2D eigenvalue weighted by atomic mass is 10.1. The number of carbonyl (C=O) groups excluding carboxylic acids is 2. The number of hydrogen-bond acceptors (Lipinski definition) is 6. The minimum Gasteiger partial charge on any atom is -0.444 e. The van der Waals surface area contributed by atoms with Crippen LogP contribution in [0.4, 0.5) is 18.0 Å². The lowest BCUT2D eigenvalue weighted by Gasteiger charge is -2.31. The molecule has 1 fully saturated rings. The standard InChI is InChI=1S/C22H24F3N3O4S/c1-12-15(9-10-27(12)20(30)32-21(2,3)4)28-11-14-17(19(28)29)33-18(26-14)13-7-5-6-8-16(13)31-22(23,24)25/h5-8,12,15H,9-11H2,1-4H3/t12-,15-/m1/s1. The number of likely N-dealkylation sites (tertiary alicyclic amines) is 1. The molecule has 0 unspecified atom stereocenters. The zero-order valence-electron chi connectivity index (χ0n) is 18.6. The fourth-order valence-electron chi connectivity index (χ4n) is 4.15. The molecule has 4 rings (SSSR count). The Morgan fingerprint density at radius 3 is 2.55 bits per heavy atom. The molecule has 3 heterocycles. The summed E-state index contributed by atoms with van der Waals surface area (Å²) in [6.45, 7) is 7.99. The maximum absolute atomic E-state index is 13.1. The number of halogens is 3. The van der Waals surface area contributed by atoms with E-state index in [0.717, 1.165) is 11.3 Å². The Labute approximate surface area is 193 Å². The molecule has 33 heavy (non-hydrogen) atoms. The number of aromatic nitrogens is 1. The van der Waals surface area contributed by atoms with Crippen LogP contribution in [0.1, 0.15) is 49.5 Å². The molecule has 0 saturated carbocycles. The highest BCUT2D eigenvalue weighted by molar-refractivity contribution is 7.17.